The van der Waals surface area contributed by atoms with Crippen molar-refractivity contribution in [3.8, 4) is 5.75 Å². The Labute approximate surface area is 149 Å². The van der Waals surface area contributed by atoms with Crippen molar-refractivity contribution in [3.63, 3.8) is 0 Å². The molecule has 0 aliphatic heterocycles. The molecule has 134 valence electrons. The molecule has 1 aliphatic rings. The molecule has 0 aromatic heterocycles. The summed E-state index contributed by atoms with van der Waals surface area (Å²) in [5.41, 5.74) is 0.0795. The van der Waals surface area contributed by atoms with Gasteiger partial charge in [-0.3, -0.25) is 4.79 Å². The van der Waals surface area contributed by atoms with E-state index in [1.54, 1.807) is 7.11 Å². The number of methoxy groups -OCH3 is 1. The monoisotopic (exact) mass is 341 g/mol. The van der Waals surface area contributed by atoms with Crippen LogP contribution in [0.5, 0.6) is 5.75 Å². The third-order valence-corrected chi connectivity index (χ3v) is 5.19. The molecular weight excluding hydrogens is 314 g/mol. The van der Waals surface area contributed by atoms with Gasteiger partial charge in [-0.15, -0.1) is 0 Å². The van der Waals surface area contributed by atoms with Crippen LogP contribution in [0.3, 0.4) is 0 Å². The van der Waals surface area contributed by atoms with Gasteiger partial charge in [-0.2, -0.15) is 0 Å². The van der Waals surface area contributed by atoms with Gasteiger partial charge in [0.15, 0.2) is 0 Å². The zero-order valence-electron chi connectivity index (χ0n) is 15.3. The van der Waals surface area contributed by atoms with Crippen LogP contribution < -0.4 is 10.1 Å². The van der Waals surface area contributed by atoms with Crippen LogP contribution in [0.4, 0.5) is 5.69 Å². The van der Waals surface area contributed by atoms with Crippen molar-refractivity contribution in [2.24, 2.45) is 5.92 Å². The minimum Gasteiger partial charge on any atom is -0.493 e. The van der Waals surface area contributed by atoms with Crippen LogP contribution in [0.2, 0.25) is 0 Å². The normalized spacial score (nSPS) is 23.4. The minimum atomic E-state index is -0.725. The Kier molecular flexibility index (Phi) is 5.28. The molecule has 25 heavy (non-hydrogen) atoms. The van der Waals surface area contributed by atoms with Gasteiger partial charge in [-0.1, -0.05) is 37.6 Å². The third kappa shape index (κ3) is 3.49. The summed E-state index contributed by atoms with van der Waals surface area (Å²) in [5.74, 6) is 1.29. The summed E-state index contributed by atoms with van der Waals surface area (Å²) in [7, 11) is 1.65. The van der Waals surface area contributed by atoms with Crippen LogP contribution in [0.1, 0.15) is 39.5 Å². The summed E-state index contributed by atoms with van der Waals surface area (Å²) < 4.78 is 11.4. The SMILES string of the molecule is CCOc1ccc(NC(=O)[C@@]2(OC)CCC[C@H](C)C2)c2ccccc12. The molecule has 2 aromatic rings. The van der Waals surface area contributed by atoms with Gasteiger partial charge in [0.25, 0.3) is 5.91 Å². The number of fused-ring (bicyclic) bond motifs is 1. The van der Waals surface area contributed by atoms with E-state index in [1.165, 1.54) is 0 Å². The van der Waals surface area contributed by atoms with E-state index in [4.69, 9.17) is 9.47 Å². The summed E-state index contributed by atoms with van der Waals surface area (Å²) >= 11 is 0. The second kappa shape index (κ2) is 7.44. The lowest BCUT2D eigenvalue weighted by atomic mass is 9.78. The van der Waals surface area contributed by atoms with Crippen molar-refractivity contribution >= 4 is 22.4 Å². The second-order valence-electron chi connectivity index (χ2n) is 6.94. The molecule has 0 unspecified atom stereocenters. The Morgan fingerprint density at radius 1 is 1.24 bits per heavy atom. The van der Waals surface area contributed by atoms with E-state index in [9.17, 15) is 4.79 Å². The van der Waals surface area contributed by atoms with Gasteiger partial charge >= 0.3 is 0 Å². The molecule has 2 aromatic carbocycles. The second-order valence-corrected chi connectivity index (χ2v) is 6.94. The molecule has 3 rings (SSSR count). The van der Waals surface area contributed by atoms with E-state index in [-0.39, 0.29) is 5.91 Å². The van der Waals surface area contributed by atoms with E-state index < -0.39 is 5.60 Å². The number of rotatable bonds is 5. The predicted molar refractivity (Wildman–Crippen MR) is 101 cm³/mol. The highest BCUT2D eigenvalue weighted by atomic mass is 16.5. The standard InChI is InChI=1S/C21H27NO3/c1-4-25-19-12-11-18(16-9-5-6-10-17(16)19)22-20(23)21(24-3)13-7-8-15(2)14-21/h5-6,9-12,15H,4,7-8,13-14H2,1-3H3,(H,22,23)/t15-,21+/m0/s1. The highest BCUT2D eigenvalue weighted by Gasteiger charge is 2.42. The van der Waals surface area contributed by atoms with Crippen LogP contribution in [0.15, 0.2) is 36.4 Å². The average Bonchev–Trinajstić information content (AvgIpc) is 2.63. The first-order chi connectivity index (χ1) is 12.1. The summed E-state index contributed by atoms with van der Waals surface area (Å²) in [4.78, 5) is 13.1. The summed E-state index contributed by atoms with van der Waals surface area (Å²) in [6, 6.07) is 11.8. The van der Waals surface area contributed by atoms with E-state index in [2.05, 4.69) is 12.2 Å². The smallest absolute Gasteiger partial charge is 0.256 e. The zero-order valence-corrected chi connectivity index (χ0v) is 15.3. The van der Waals surface area contributed by atoms with Crippen molar-refractivity contribution in [2.45, 2.75) is 45.1 Å². The molecule has 1 aliphatic carbocycles. The fourth-order valence-electron chi connectivity index (χ4n) is 3.89. The summed E-state index contributed by atoms with van der Waals surface area (Å²) in [6.07, 6.45) is 3.72. The number of benzene rings is 2. The van der Waals surface area contributed by atoms with Crippen LogP contribution in [0.25, 0.3) is 10.8 Å². The van der Waals surface area contributed by atoms with Crippen LogP contribution in [0, 0.1) is 5.92 Å². The van der Waals surface area contributed by atoms with Gasteiger partial charge in [-0.05, 0) is 44.2 Å². The topological polar surface area (TPSA) is 47.6 Å². The van der Waals surface area contributed by atoms with Gasteiger partial charge in [0, 0.05) is 23.6 Å². The Morgan fingerprint density at radius 3 is 2.68 bits per heavy atom. The number of amides is 1. The maximum atomic E-state index is 13.1. The number of carbonyl (C=O) groups is 1. The molecule has 1 N–H and O–H groups in total. The number of hydrogen-bond donors (Lipinski definition) is 1. The number of nitrogens with one attached hydrogen (secondary N) is 1. The van der Waals surface area contributed by atoms with Crippen molar-refractivity contribution in [1.82, 2.24) is 0 Å². The Bertz CT molecular complexity index is 758. The quantitative estimate of drug-likeness (QED) is 0.852. The highest BCUT2D eigenvalue weighted by Crippen LogP contribution is 2.37. The summed E-state index contributed by atoms with van der Waals surface area (Å²) in [6.45, 7) is 4.77. The molecule has 0 heterocycles. The molecule has 2 atom stereocenters. The number of anilines is 1. The molecular formula is C21H27NO3. The third-order valence-electron chi connectivity index (χ3n) is 5.19. The van der Waals surface area contributed by atoms with E-state index in [1.807, 2.05) is 43.3 Å². The molecule has 0 saturated heterocycles. The Hall–Kier alpha value is -2.07. The fourth-order valence-corrected chi connectivity index (χ4v) is 3.89. The van der Waals surface area contributed by atoms with E-state index in [0.29, 0.717) is 12.5 Å². The maximum absolute atomic E-state index is 13.1. The lowest BCUT2D eigenvalue weighted by molar-refractivity contribution is -0.143. The highest BCUT2D eigenvalue weighted by molar-refractivity contribution is 6.06. The van der Waals surface area contributed by atoms with Crippen LogP contribution in [-0.2, 0) is 9.53 Å². The van der Waals surface area contributed by atoms with Gasteiger partial charge in [0.1, 0.15) is 11.4 Å². The Morgan fingerprint density at radius 2 is 2.00 bits per heavy atom. The number of carbonyl (C=O) groups excluding carboxylic acids is 1. The van der Waals surface area contributed by atoms with Gasteiger partial charge in [-0.25, -0.2) is 0 Å². The van der Waals surface area contributed by atoms with Crippen molar-refractivity contribution in [2.75, 3.05) is 19.0 Å². The fraction of sp³-hybridized carbons (Fsp3) is 0.476. The van der Waals surface area contributed by atoms with Gasteiger partial charge in [0.2, 0.25) is 0 Å². The molecule has 1 fully saturated rings. The first-order valence-electron chi connectivity index (χ1n) is 9.11. The van der Waals surface area contributed by atoms with Crippen molar-refractivity contribution in [3.05, 3.63) is 36.4 Å². The first kappa shape index (κ1) is 17.7. The molecule has 4 nitrogen and oxygen atoms in total. The number of hydrogen-bond acceptors (Lipinski definition) is 3. The van der Waals surface area contributed by atoms with Crippen LogP contribution >= 0.6 is 0 Å². The first-order valence-corrected chi connectivity index (χ1v) is 9.11. The van der Waals surface area contributed by atoms with Crippen LogP contribution in [-0.4, -0.2) is 25.2 Å². The van der Waals surface area contributed by atoms with Gasteiger partial charge in [0.05, 0.1) is 6.61 Å². The zero-order chi connectivity index (χ0) is 17.9. The van der Waals surface area contributed by atoms with E-state index in [0.717, 1.165) is 47.9 Å². The predicted octanol–water partition coefficient (Wildman–Crippen LogP) is 4.77. The molecule has 1 amide bonds. The lowest BCUT2D eigenvalue weighted by Crippen LogP contribution is -2.47. The molecule has 4 heteroatoms. The molecule has 0 radical (unpaired) electrons. The van der Waals surface area contributed by atoms with Crippen molar-refractivity contribution < 1.29 is 14.3 Å². The Balaban J connectivity index is 1.92. The molecule has 1 saturated carbocycles. The molecule has 0 spiro atoms. The minimum absolute atomic E-state index is 0.0455. The van der Waals surface area contributed by atoms with E-state index >= 15 is 0 Å². The average molecular weight is 341 g/mol. The lowest BCUT2D eigenvalue weighted by Gasteiger charge is -2.37. The molecule has 0 bridgehead atoms. The maximum Gasteiger partial charge on any atom is 0.256 e. The van der Waals surface area contributed by atoms with Crippen molar-refractivity contribution in [1.29, 1.82) is 0 Å². The van der Waals surface area contributed by atoms with Gasteiger partial charge < -0.3 is 14.8 Å². The largest absolute Gasteiger partial charge is 0.493 e. The number of ether oxygens (including phenoxy) is 2. The summed E-state index contributed by atoms with van der Waals surface area (Å²) in [5, 5.41) is 5.11.